The Bertz CT molecular complexity index is 6.00. The highest BCUT2D eigenvalue weighted by atomic mass is 14.6. The van der Waals surface area contributed by atoms with E-state index < -0.39 is 0 Å². The molecule has 2 nitrogen and oxygen atoms in total. The fourth-order valence-electron chi connectivity index (χ4n) is 0. The first-order chi connectivity index (χ1) is 1.91. The topological polar surface area (TPSA) is 49.8 Å². The lowest BCUT2D eigenvalue weighted by Gasteiger charge is -1.70. The van der Waals surface area contributed by atoms with E-state index in [1.54, 1.807) is 0 Å². The normalized spacial score (nSPS) is 7.50. The summed E-state index contributed by atoms with van der Waals surface area (Å²) in [6.45, 7) is 0.833. The first-order valence-corrected chi connectivity index (χ1v) is 1.26. The van der Waals surface area contributed by atoms with Crippen molar-refractivity contribution in [1.29, 1.82) is 0 Å². The van der Waals surface area contributed by atoms with Crippen molar-refractivity contribution in [3.05, 3.63) is 0 Å². The monoisotopic (exact) mass is 59.1 g/mol. The highest BCUT2D eigenvalue weighted by Crippen LogP contribution is 1.30. The van der Waals surface area contributed by atoms with Gasteiger partial charge in [0.15, 0.2) is 0 Å². The molecule has 0 amide bonds. The maximum atomic E-state index is 6.33. The summed E-state index contributed by atoms with van der Waals surface area (Å²) in [5.74, 6) is 0. The highest BCUT2D eigenvalue weighted by Gasteiger charge is 1.56. The van der Waals surface area contributed by atoms with Crippen molar-refractivity contribution in [1.82, 2.24) is 5.73 Å². The lowest BCUT2D eigenvalue weighted by molar-refractivity contribution is 0.950. The molecule has 0 rings (SSSR count). The fourth-order valence-corrected chi connectivity index (χ4v) is 0. The van der Waals surface area contributed by atoms with Gasteiger partial charge < -0.3 is 5.73 Å². The van der Waals surface area contributed by atoms with Crippen LogP contribution in [0.15, 0.2) is 0 Å². The third-order valence-electron chi connectivity index (χ3n) is 0.144. The standard InChI is InChI=1S/C2H7N2/c3-1-2-4/h3H,1-2,4H2. The molecule has 0 fully saturated rings. The predicted molar refractivity (Wildman–Crippen MR) is 17.0 cm³/mol. The second-order valence-electron chi connectivity index (χ2n) is 0.539. The van der Waals surface area contributed by atoms with Crippen LogP contribution >= 0.6 is 0 Å². The van der Waals surface area contributed by atoms with E-state index in [0.717, 1.165) is 0 Å². The third kappa shape index (κ3) is 1.92. The lowest BCUT2D eigenvalue weighted by atomic mass is 10.7. The Kier molecular flexibility index (Phi) is 2.86. The summed E-state index contributed by atoms with van der Waals surface area (Å²) in [4.78, 5) is 0. The molecule has 0 aromatic carbocycles. The van der Waals surface area contributed by atoms with Gasteiger partial charge >= 0.3 is 0 Å². The van der Waals surface area contributed by atoms with Gasteiger partial charge in [-0.25, -0.2) is 0 Å². The van der Waals surface area contributed by atoms with Gasteiger partial charge in [0.2, 0.25) is 0 Å². The number of nitrogens with two attached hydrogens (primary N) is 1. The van der Waals surface area contributed by atoms with E-state index in [1.807, 2.05) is 0 Å². The second-order valence-corrected chi connectivity index (χ2v) is 0.539. The maximum absolute atomic E-state index is 6.33. The summed E-state index contributed by atoms with van der Waals surface area (Å²) in [5.41, 5.74) is 11.2. The predicted octanol–water partition coefficient (Wildman–Crippen LogP) is -0.772. The van der Waals surface area contributed by atoms with Gasteiger partial charge in [0.1, 0.15) is 0 Å². The summed E-state index contributed by atoms with van der Waals surface area (Å²) in [7, 11) is 0. The Morgan fingerprint density at radius 3 is 2.00 bits per heavy atom. The zero-order valence-electron chi connectivity index (χ0n) is 2.49. The molecule has 0 spiro atoms. The van der Waals surface area contributed by atoms with Gasteiger partial charge in [0, 0.05) is 13.1 Å². The molecule has 0 aromatic heterocycles. The smallest absolute Gasteiger partial charge is 0.0223 e. The van der Waals surface area contributed by atoms with E-state index >= 15 is 0 Å². The molecule has 2 heteroatoms. The molecule has 0 aliphatic rings. The second kappa shape index (κ2) is 2.92. The highest BCUT2D eigenvalue weighted by molar-refractivity contribution is 4.24. The quantitative estimate of drug-likeness (QED) is 0.423. The van der Waals surface area contributed by atoms with Crippen LogP contribution in [0.25, 0.3) is 0 Å². The number of rotatable bonds is 1. The molecular weight excluding hydrogens is 52.0 g/mol. The molecule has 25 valence electrons. The average Bonchev–Trinajstić information content (AvgIpc) is 1.37. The molecule has 0 heterocycles. The Morgan fingerprint density at radius 1 is 1.75 bits per heavy atom. The van der Waals surface area contributed by atoms with Gasteiger partial charge in [-0.1, -0.05) is 0 Å². The van der Waals surface area contributed by atoms with Crippen LogP contribution in [-0.4, -0.2) is 13.1 Å². The first kappa shape index (κ1) is 3.92. The van der Waals surface area contributed by atoms with Crippen molar-refractivity contribution in [2.24, 2.45) is 5.73 Å². The first-order valence-electron chi connectivity index (χ1n) is 1.26. The van der Waals surface area contributed by atoms with Crippen LogP contribution in [0.2, 0.25) is 0 Å². The summed E-state index contributed by atoms with van der Waals surface area (Å²) >= 11 is 0. The van der Waals surface area contributed by atoms with Crippen molar-refractivity contribution in [3.8, 4) is 0 Å². The van der Waals surface area contributed by atoms with Gasteiger partial charge in [0.05, 0.1) is 0 Å². The molecule has 0 saturated heterocycles. The van der Waals surface area contributed by atoms with Crippen LogP contribution in [0.1, 0.15) is 0 Å². The molecule has 4 heavy (non-hydrogen) atoms. The van der Waals surface area contributed by atoms with Gasteiger partial charge in [-0.2, -0.15) is 0 Å². The fraction of sp³-hybridized carbons (Fsp3) is 1.00. The largest absolute Gasteiger partial charge is 0.329 e. The number of hydrogen-bond donors (Lipinski definition) is 1. The molecule has 0 bridgehead atoms. The molecular formula is C2H7N2. The van der Waals surface area contributed by atoms with Crippen LogP contribution in [0.4, 0.5) is 0 Å². The molecule has 0 aromatic rings. The molecule has 0 atom stereocenters. The maximum Gasteiger partial charge on any atom is 0.0223 e. The van der Waals surface area contributed by atoms with E-state index in [4.69, 9.17) is 11.5 Å². The Balaban J connectivity index is 1.97. The van der Waals surface area contributed by atoms with E-state index in [0.29, 0.717) is 13.1 Å². The van der Waals surface area contributed by atoms with Crippen LogP contribution in [0.3, 0.4) is 0 Å². The van der Waals surface area contributed by atoms with Crippen LogP contribution in [-0.2, 0) is 0 Å². The van der Waals surface area contributed by atoms with Gasteiger partial charge in [-0.05, 0) is 0 Å². The molecule has 0 saturated carbocycles. The molecule has 1 radical (unpaired) electrons. The molecule has 3 N–H and O–H groups in total. The number of nitrogens with one attached hydrogen (secondary N) is 1. The molecule has 0 unspecified atom stereocenters. The minimum Gasteiger partial charge on any atom is -0.329 e. The summed E-state index contributed by atoms with van der Waals surface area (Å²) in [6.07, 6.45) is 0. The van der Waals surface area contributed by atoms with Crippen molar-refractivity contribution >= 4 is 0 Å². The van der Waals surface area contributed by atoms with Crippen LogP contribution < -0.4 is 11.5 Å². The average molecular weight is 59.1 g/mol. The zero-order chi connectivity index (χ0) is 3.41. The summed E-state index contributed by atoms with van der Waals surface area (Å²) < 4.78 is 0. The zero-order valence-corrected chi connectivity index (χ0v) is 2.49. The molecule has 0 aliphatic heterocycles. The lowest BCUT2D eigenvalue weighted by Crippen LogP contribution is -2.03. The van der Waals surface area contributed by atoms with Crippen LogP contribution in [0, 0.1) is 0 Å². The Labute approximate surface area is 25.8 Å². The third-order valence-corrected chi connectivity index (χ3v) is 0.144. The van der Waals surface area contributed by atoms with Crippen LogP contribution in [0.5, 0.6) is 0 Å². The van der Waals surface area contributed by atoms with Gasteiger partial charge in [0.25, 0.3) is 0 Å². The minimum atomic E-state index is 0.347. The SMILES string of the molecule is [NH]CCN. The number of hydrogen-bond acceptors (Lipinski definition) is 1. The Hall–Kier alpha value is -0.0800. The van der Waals surface area contributed by atoms with Gasteiger partial charge in [-0.3, -0.25) is 5.73 Å². The van der Waals surface area contributed by atoms with E-state index in [-0.39, 0.29) is 0 Å². The minimum absolute atomic E-state index is 0.347. The summed E-state index contributed by atoms with van der Waals surface area (Å²) in [6, 6.07) is 0. The van der Waals surface area contributed by atoms with E-state index in [2.05, 4.69) is 0 Å². The van der Waals surface area contributed by atoms with Crippen molar-refractivity contribution < 1.29 is 0 Å². The molecule has 0 aliphatic carbocycles. The Morgan fingerprint density at radius 2 is 2.00 bits per heavy atom. The van der Waals surface area contributed by atoms with E-state index in [9.17, 15) is 0 Å². The van der Waals surface area contributed by atoms with Gasteiger partial charge in [-0.15, -0.1) is 0 Å². The van der Waals surface area contributed by atoms with Crippen molar-refractivity contribution in [2.75, 3.05) is 13.1 Å². The van der Waals surface area contributed by atoms with Crippen molar-refractivity contribution in [3.63, 3.8) is 0 Å². The van der Waals surface area contributed by atoms with Crippen molar-refractivity contribution in [2.45, 2.75) is 0 Å². The summed E-state index contributed by atoms with van der Waals surface area (Å²) in [5, 5.41) is 0. The van der Waals surface area contributed by atoms with E-state index in [1.165, 1.54) is 0 Å².